The maximum Gasteiger partial charge on any atom is 0.344 e. The molecule has 2 N–H and O–H groups in total. The fourth-order valence-corrected chi connectivity index (χ4v) is 2.34. The minimum Gasteiger partial charge on any atom is -0.423 e. The first-order chi connectivity index (χ1) is 9.66. The third kappa shape index (κ3) is 3.86. The summed E-state index contributed by atoms with van der Waals surface area (Å²) < 4.78 is 5.28. The van der Waals surface area contributed by atoms with Crippen LogP contribution in [0.4, 0.5) is 0 Å². The largest absolute Gasteiger partial charge is 0.423 e. The van der Waals surface area contributed by atoms with Gasteiger partial charge in [0.2, 0.25) is 5.91 Å². The third-order valence-corrected chi connectivity index (χ3v) is 3.53. The molecule has 4 nitrogen and oxygen atoms in total. The van der Waals surface area contributed by atoms with Crippen LogP contribution in [0.15, 0.2) is 59.5 Å². The van der Waals surface area contributed by atoms with E-state index < -0.39 is 11.9 Å². The Morgan fingerprint density at radius 3 is 2.35 bits per heavy atom. The summed E-state index contributed by atoms with van der Waals surface area (Å²) >= 11 is 1.22. The van der Waals surface area contributed by atoms with Crippen LogP contribution >= 0.6 is 11.8 Å². The second-order valence-electron chi connectivity index (χ2n) is 3.95. The fourth-order valence-electron chi connectivity index (χ4n) is 1.56. The van der Waals surface area contributed by atoms with Crippen LogP contribution in [0.2, 0.25) is 0 Å². The molecule has 2 rings (SSSR count). The van der Waals surface area contributed by atoms with Crippen molar-refractivity contribution in [1.82, 2.24) is 0 Å². The summed E-state index contributed by atoms with van der Waals surface area (Å²) in [6, 6.07) is 15.8. The molecule has 1 amide bonds. The topological polar surface area (TPSA) is 69.4 Å². The number of amides is 1. The molecule has 0 saturated heterocycles. The number of carbonyl (C=O) groups excluding carboxylic acids is 2. The molecule has 0 aliphatic carbocycles. The van der Waals surface area contributed by atoms with Crippen LogP contribution in [0.5, 0.6) is 5.75 Å². The molecule has 0 radical (unpaired) electrons. The molecule has 0 unspecified atom stereocenters. The lowest BCUT2D eigenvalue weighted by molar-refractivity contribution is -0.115. The SMILES string of the molecule is NC(=O)CSc1ccccc1C(=O)Oc1ccccc1. The highest BCUT2D eigenvalue weighted by atomic mass is 32.2. The molecule has 20 heavy (non-hydrogen) atoms. The van der Waals surface area contributed by atoms with Gasteiger partial charge in [0.05, 0.1) is 11.3 Å². The Hall–Kier alpha value is -2.27. The van der Waals surface area contributed by atoms with Gasteiger partial charge in [-0.3, -0.25) is 4.79 Å². The molecule has 0 aliphatic rings. The molecular formula is C15H13NO3S. The number of esters is 1. The zero-order chi connectivity index (χ0) is 14.4. The highest BCUT2D eigenvalue weighted by Gasteiger charge is 2.14. The van der Waals surface area contributed by atoms with Crippen molar-refractivity contribution in [3.05, 3.63) is 60.2 Å². The number of primary amides is 1. The smallest absolute Gasteiger partial charge is 0.344 e. The Morgan fingerprint density at radius 2 is 1.65 bits per heavy atom. The summed E-state index contributed by atoms with van der Waals surface area (Å²) in [4.78, 5) is 23.6. The number of nitrogens with two attached hydrogens (primary N) is 1. The highest BCUT2D eigenvalue weighted by Crippen LogP contribution is 2.23. The molecule has 2 aromatic rings. The van der Waals surface area contributed by atoms with Gasteiger partial charge in [0, 0.05) is 4.90 Å². The van der Waals surface area contributed by atoms with Crippen molar-refractivity contribution in [3.8, 4) is 5.75 Å². The van der Waals surface area contributed by atoms with Crippen LogP contribution < -0.4 is 10.5 Å². The Bertz CT molecular complexity index is 614. The predicted octanol–water partition coefficient (Wildman–Crippen LogP) is 2.48. The molecule has 2 aromatic carbocycles. The van der Waals surface area contributed by atoms with Crippen molar-refractivity contribution in [2.24, 2.45) is 5.73 Å². The van der Waals surface area contributed by atoms with Gasteiger partial charge >= 0.3 is 5.97 Å². The average Bonchev–Trinajstić information content (AvgIpc) is 2.46. The van der Waals surface area contributed by atoms with Crippen LogP contribution in [-0.4, -0.2) is 17.6 Å². The summed E-state index contributed by atoms with van der Waals surface area (Å²) in [7, 11) is 0. The van der Waals surface area contributed by atoms with Crippen molar-refractivity contribution in [2.75, 3.05) is 5.75 Å². The third-order valence-electron chi connectivity index (χ3n) is 2.43. The van der Waals surface area contributed by atoms with Gasteiger partial charge < -0.3 is 10.5 Å². The number of para-hydroxylation sites is 1. The van der Waals surface area contributed by atoms with E-state index in [0.29, 0.717) is 16.2 Å². The molecule has 5 heteroatoms. The van der Waals surface area contributed by atoms with E-state index in [2.05, 4.69) is 0 Å². The van der Waals surface area contributed by atoms with E-state index in [1.54, 1.807) is 48.5 Å². The molecule has 0 aromatic heterocycles. The molecule has 0 aliphatic heterocycles. The number of ether oxygens (including phenoxy) is 1. The first-order valence-electron chi connectivity index (χ1n) is 5.94. The normalized spacial score (nSPS) is 10.0. The Morgan fingerprint density at radius 1 is 1.00 bits per heavy atom. The van der Waals surface area contributed by atoms with Gasteiger partial charge in [-0.1, -0.05) is 30.3 Å². The molecule has 0 spiro atoms. The maximum absolute atomic E-state index is 12.1. The molecule has 0 fully saturated rings. The van der Waals surface area contributed by atoms with Gasteiger partial charge in [-0.2, -0.15) is 0 Å². The minimum absolute atomic E-state index is 0.121. The van der Waals surface area contributed by atoms with E-state index in [1.807, 2.05) is 6.07 Å². The van der Waals surface area contributed by atoms with Crippen LogP contribution in [0.1, 0.15) is 10.4 Å². The lowest BCUT2D eigenvalue weighted by atomic mass is 10.2. The summed E-state index contributed by atoms with van der Waals surface area (Å²) in [6.07, 6.45) is 0. The number of rotatable bonds is 5. The van der Waals surface area contributed by atoms with Gasteiger partial charge in [-0.15, -0.1) is 11.8 Å². The first kappa shape index (κ1) is 14.1. The van der Waals surface area contributed by atoms with E-state index in [1.165, 1.54) is 11.8 Å². The van der Waals surface area contributed by atoms with Crippen molar-refractivity contribution >= 4 is 23.6 Å². The Kier molecular flexibility index (Phi) is 4.79. The van der Waals surface area contributed by atoms with Crippen LogP contribution in [0, 0.1) is 0 Å². The zero-order valence-corrected chi connectivity index (χ0v) is 11.4. The molecule has 0 bridgehead atoms. The lowest BCUT2D eigenvalue weighted by Crippen LogP contribution is -2.14. The first-order valence-corrected chi connectivity index (χ1v) is 6.93. The number of hydrogen-bond acceptors (Lipinski definition) is 4. The highest BCUT2D eigenvalue weighted by molar-refractivity contribution is 8.00. The van der Waals surface area contributed by atoms with E-state index >= 15 is 0 Å². The van der Waals surface area contributed by atoms with E-state index in [4.69, 9.17) is 10.5 Å². The van der Waals surface area contributed by atoms with Crippen LogP contribution in [0.25, 0.3) is 0 Å². The Balaban J connectivity index is 2.15. The molecular weight excluding hydrogens is 274 g/mol. The maximum atomic E-state index is 12.1. The van der Waals surface area contributed by atoms with Crippen molar-refractivity contribution in [3.63, 3.8) is 0 Å². The zero-order valence-electron chi connectivity index (χ0n) is 10.6. The number of thioether (sulfide) groups is 1. The minimum atomic E-state index is -0.455. The predicted molar refractivity (Wildman–Crippen MR) is 77.8 cm³/mol. The van der Waals surface area contributed by atoms with Gasteiger partial charge in [0.1, 0.15) is 5.75 Å². The Labute approximate surface area is 120 Å². The van der Waals surface area contributed by atoms with Gasteiger partial charge in [-0.25, -0.2) is 4.79 Å². The van der Waals surface area contributed by atoms with Crippen molar-refractivity contribution < 1.29 is 14.3 Å². The monoisotopic (exact) mass is 287 g/mol. The van der Waals surface area contributed by atoms with Crippen molar-refractivity contribution in [2.45, 2.75) is 4.90 Å². The average molecular weight is 287 g/mol. The summed E-state index contributed by atoms with van der Waals surface area (Å²) in [5, 5.41) is 0. The summed E-state index contributed by atoms with van der Waals surface area (Å²) in [6.45, 7) is 0. The number of benzene rings is 2. The number of hydrogen-bond donors (Lipinski definition) is 1. The quantitative estimate of drug-likeness (QED) is 0.521. The summed E-state index contributed by atoms with van der Waals surface area (Å²) in [5.41, 5.74) is 5.53. The van der Waals surface area contributed by atoms with Crippen LogP contribution in [-0.2, 0) is 4.79 Å². The van der Waals surface area contributed by atoms with Crippen LogP contribution in [0.3, 0.4) is 0 Å². The fraction of sp³-hybridized carbons (Fsp3) is 0.0667. The standard InChI is InChI=1S/C15H13NO3S/c16-14(17)10-20-13-9-5-4-8-12(13)15(18)19-11-6-2-1-3-7-11/h1-9H,10H2,(H2,16,17). The van der Waals surface area contributed by atoms with Crippen molar-refractivity contribution in [1.29, 1.82) is 0 Å². The molecule has 0 saturated carbocycles. The summed E-state index contributed by atoms with van der Waals surface area (Å²) in [5.74, 6) is -0.285. The van der Waals surface area contributed by atoms with E-state index in [0.717, 1.165) is 0 Å². The molecule has 0 atom stereocenters. The lowest BCUT2D eigenvalue weighted by Gasteiger charge is -2.08. The molecule has 102 valence electrons. The van der Waals surface area contributed by atoms with Gasteiger partial charge in [-0.05, 0) is 24.3 Å². The van der Waals surface area contributed by atoms with Gasteiger partial charge in [0.15, 0.2) is 0 Å². The second kappa shape index (κ2) is 6.77. The van der Waals surface area contributed by atoms with Gasteiger partial charge in [0.25, 0.3) is 0 Å². The van der Waals surface area contributed by atoms with E-state index in [9.17, 15) is 9.59 Å². The van der Waals surface area contributed by atoms with E-state index in [-0.39, 0.29) is 5.75 Å². The molecule has 0 heterocycles. The number of carbonyl (C=O) groups is 2. The second-order valence-corrected chi connectivity index (χ2v) is 4.97.